The van der Waals surface area contributed by atoms with E-state index in [2.05, 4.69) is 10.5 Å². The van der Waals surface area contributed by atoms with Gasteiger partial charge in [0.25, 0.3) is 5.91 Å². The first kappa shape index (κ1) is 12.8. The zero-order chi connectivity index (χ0) is 13.3. The third-order valence-corrected chi connectivity index (χ3v) is 2.45. The summed E-state index contributed by atoms with van der Waals surface area (Å²) in [5.74, 6) is -0.218. The quantitative estimate of drug-likeness (QED) is 0.657. The van der Waals surface area contributed by atoms with E-state index in [1.807, 2.05) is 54.6 Å². The third-order valence-electron chi connectivity index (χ3n) is 2.45. The molecule has 0 saturated heterocycles. The van der Waals surface area contributed by atoms with Gasteiger partial charge in [-0.3, -0.25) is 4.79 Å². The van der Waals surface area contributed by atoms with Crippen LogP contribution in [-0.2, 0) is 0 Å². The zero-order valence-corrected chi connectivity index (χ0v) is 10.4. The Hall–Kier alpha value is -2.68. The van der Waals surface area contributed by atoms with Crippen LogP contribution in [0.4, 0.5) is 0 Å². The fourth-order valence-corrected chi connectivity index (χ4v) is 1.51. The van der Waals surface area contributed by atoms with Gasteiger partial charge in [0.05, 0.1) is 0 Å². The molecule has 0 aliphatic carbocycles. The smallest absolute Gasteiger partial charge is 0.267 e. The summed E-state index contributed by atoms with van der Waals surface area (Å²) in [5.41, 5.74) is 4.14. The molecule has 0 unspecified atom stereocenters. The second-order valence-electron chi connectivity index (χ2n) is 3.85. The average Bonchev–Trinajstić information content (AvgIpc) is 2.49. The van der Waals surface area contributed by atoms with E-state index < -0.39 is 0 Å². The molecule has 19 heavy (non-hydrogen) atoms. The lowest BCUT2D eigenvalue weighted by Crippen LogP contribution is -2.16. The Labute approximate surface area is 112 Å². The predicted octanol–water partition coefficient (Wildman–Crippen LogP) is 3.12. The number of allylic oxidation sites excluding steroid dienone is 1. The number of benzene rings is 2. The van der Waals surface area contributed by atoms with Crippen molar-refractivity contribution in [3.63, 3.8) is 0 Å². The molecular weight excluding hydrogens is 236 g/mol. The lowest BCUT2D eigenvalue weighted by molar-refractivity contribution is 0.0955. The summed E-state index contributed by atoms with van der Waals surface area (Å²) in [6.45, 7) is 0. The van der Waals surface area contributed by atoms with Crippen molar-refractivity contribution in [2.24, 2.45) is 5.10 Å². The maximum absolute atomic E-state index is 11.6. The van der Waals surface area contributed by atoms with Crippen molar-refractivity contribution in [1.29, 1.82) is 0 Å². The van der Waals surface area contributed by atoms with Crippen LogP contribution in [0.3, 0.4) is 0 Å². The minimum atomic E-state index is -0.218. The lowest BCUT2D eigenvalue weighted by Gasteiger charge is -1.97. The Morgan fingerprint density at radius 2 is 1.58 bits per heavy atom. The van der Waals surface area contributed by atoms with Gasteiger partial charge in [0, 0.05) is 11.8 Å². The topological polar surface area (TPSA) is 41.5 Å². The van der Waals surface area contributed by atoms with E-state index >= 15 is 0 Å². The van der Waals surface area contributed by atoms with Crippen molar-refractivity contribution in [2.45, 2.75) is 0 Å². The van der Waals surface area contributed by atoms with E-state index in [0.29, 0.717) is 5.56 Å². The van der Waals surface area contributed by atoms with Crippen molar-refractivity contribution < 1.29 is 4.79 Å². The van der Waals surface area contributed by atoms with Gasteiger partial charge in [0.1, 0.15) is 0 Å². The van der Waals surface area contributed by atoms with E-state index in [9.17, 15) is 4.79 Å². The van der Waals surface area contributed by atoms with Crippen LogP contribution in [0.15, 0.2) is 71.8 Å². The first-order valence-electron chi connectivity index (χ1n) is 5.96. The first-order chi connectivity index (χ1) is 9.36. The van der Waals surface area contributed by atoms with Gasteiger partial charge in [0.15, 0.2) is 0 Å². The summed E-state index contributed by atoms with van der Waals surface area (Å²) >= 11 is 0. The van der Waals surface area contributed by atoms with Crippen molar-refractivity contribution in [3.8, 4) is 0 Å². The molecular formula is C16H14N2O. The number of nitrogens with zero attached hydrogens (tertiary/aromatic N) is 1. The molecule has 0 bridgehead atoms. The predicted molar refractivity (Wildman–Crippen MR) is 77.9 cm³/mol. The third kappa shape index (κ3) is 4.24. The molecule has 0 saturated carbocycles. The standard InChI is InChI=1S/C16H14N2O/c19-16(15-11-5-2-6-12-15)18-17-13-7-10-14-8-3-1-4-9-14/h1-13H,(H,18,19)/b10-7?,17-13+. The molecule has 2 aromatic carbocycles. The first-order valence-corrected chi connectivity index (χ1v) is 5.96. The van der Waals surface area contributed by atoms with E-state index in [1.165, 1.54) is 0 Å². The van der Waals surface area contributed by atoms with Gasteiger partial charge < -0.3 is 0 Å². The lowest BCUT2D eigenvalue weighted by atomic mass is 10.2. The normalized spacial score (nSPS) is 10.9. The van der Waals surface area contributed by atoms with Gasteiger partial charge in [-0.25, -0.2) is 5.43 Å². The molecule has 0 heterocycles. The van der Waals surface area contributed by atoms with Crippen LogP contribution in [0.1, 0.15) is 15.9 Å². The van der Waals surface area contributed by atoms with Crippen LogP contribution in [0, 0.1) is 0 Å². The minimum Gasteiger partial charge on any atom is -0.267 e. The maximum Gasteiger partial charge on any atom is 0.271 e. The zero-order valence-electron chi connectivity index (χ0n) is 10.4. The minimum absolute atomic E-state index is 0.218. The molecule has 0 atom stereocenters. The highest BCUT2D eigenvalue weighted by Gasteiger charge is 2.00. The molecule has 0 aliphatic heterocycles. The van der Waals surface area contributed by atoms with Crippen molar-refractivity contribution in [3.05, 3.63) is 77.9 Å². The molecule has 3 heteroatoms. The Morgan fingerprint density at radius 3 is 2.26 bits per heavy atom. The molecule has 1 N–H and O–H groups in total. The van der Waals surface area contributed by atoms with E-state index in [1.54, 1.807) is 24.4 Å². The Balaban J connectivity index is 1.84. The number of nitrogens with one attached hydrogen (secondary N) is 1. The second kappa shape index (κ2) is 6.91. The molecule has 94 valence electrons. The number of carbonyl (C=O) groups excluding carboxylic acids is 1. The van der Waals surface area contributed by atoms with Gasteiger partial charge in [0.2, 0.25) is 0 Å². The Morgan fingerprint density at radius 1 is 0.947 bits per heavy atom. The van der Waals surface area contributed by atoms with Crippen LogP contribution in [-0.4, -0.2) is 12.1 Å². The summed E-state index contributed by atoms with van der Waals surface area (Å²) in [5, 5.41) is 3.85. The van der Waals surface area contributed by atoms with Crippen molar-refractivity contribution >= 4 is 18.2 Å². The van der Waals surface area contributed by atoms with Crippen LogP contribution < -0.4 is 5.43 Å². The molecule has 0 fully saturated rings. The summed E-state index contributed by atoms with van der Waals surface area (Å²) < 4.78 is 0. The summed E-state index contributed by atoms with van der Waals surface area (Å²) in [6.07, 6.45) is 5.24. The number of rotatable bonds is 4. The second-order valence-corrected chi connectivity index (χ2v) is 3.85. The number of carbonyl (C=O) groups is 1. The number of hydrogen-bond donors (Lipinski definition) is 1. The molecule has 0 aromatic heterocycles. The van der Waals surface area contributed by atoms with E-state index in [-0.39, 0.29) is 5.91 Å². The summed E-state index contributed by atoms with van der Waals surface area (Å²) in [4.78, 5) is 11.6. The van der Waals surface area contributed by atoms with E-state index in [0.717, 1.165) is 5.56 Å². The van der Waals surface area contributed by atoms with Gasteiger partial charge in [-0.15, -0.1) is 0 Å². The Bertz CT molecular complexity index is 574. The van der Waals surface area contributed by atoms with Crippen LogP contribution in [0.5, 0.6) is 0 Å². The van der Waals surface area contributed by atoms with Crippen molar-refractivity contribution in [2.75, 3.05) is 0 Å². The number of amides is 1. The van der Waals surface area contributed by atoms with Gasteiger partial charge in [-0.05, 0) is 23.8 Å². The van der Waals surface area contributed by atoms with Crippen LogP contribution in [0.2, 0.25) is 0 Å². The Kier molecular flexibility index (Phi) is 4.64. The van der Waals surface area contributed by atoms with Gasteiger partial charge in [-0.2, -0.15) is 5.10 Å². The maximum atomic E-state index is 11.6. The molecule has 0 spiro atoms. The van der Waals surface area contributed by atoms with Gasteiger partial charge in [-0.1, -0.05) is 54.6 Å². The molecule has 0 radical (unpaired) electrons. The SMILES string of the molecule is O=C(N/N=C/C=Cc1ccccc1)c1ccccc1. The summed E-state index contributed by atoms with van der Waals surface area (Å²) in [7, 11) is 0. The van der Waals surface area contributed by atoms with Crippen LogP contribution in [0.25, 0.3) is 6.08 Å². The average molecular weight is 250 g/mol. The largest absolute Gasteiger partial charge is 0.271 e. The molecule has 3 nitrogen and oxygen atoms in total. The molecule has 1 amide bonds. The molecule has 2 rings (SSSR count). The highest BCUT2D eigenvalue weighted by Crippen LogP contribution is 2.00. The molecule has 2 aromatic rings. The van der Waals surface area contributed by atoms with Crippen LogP contribution >= 0.6 is 0 Å². The monoisotopic (exact) mass is 250 g/mol. The van der Waals surface area contributed by atoms with Gasteiger partial charge >= 0.3 is 0 Å². The molecule has 0 aliphatic rings. The fourth-order valence-electron chi connectivity index (χ4n) is 1.51. The highest BCUT2D eigenvalue weighted by atomic mass is 16.2. The number of hydrogen-bond acceptors (Lipinski definition) is 2. The fraction of sp³-hybridized carbons (Fsp3) is 0. The highest BCUT2D eigenvalue weighted by molar-refractivity contribution is 5.94. The van der Waals surface area contributed by atoms with E-state index in [4.69, 9.17) is 0 Å². The number of hydrazone groups is 1. The summed E-state index contributed by atoms with van der Waals surface area (Å²) in [6, 6.07) is 18.9. The van der Waals surface area contributed by atoms with Crippen molar-refractivity contribution in [1.82, 2.24) is 5.43 Å².